The molecule has 0 bridgehead atoms. The molecule has 0 saturated carbocycles. The van der Waals surface area contributed by atoms with Crippen molar-refractivity contribution in [1.29, 1.82) is 0 Å². The number of unbranched alkanes of at least 4 members (excludes halogenated alkanes) is 1. The number of methoxy groups -OCH3 is 1. The Bertz CT molecular complexity index is 930. The Balaban J connectivity index is 1.93. The fraction of sp³-hybridized carbons (Fsp3) is 0.519. The van der Waals surface area contributed by atoms with E-state index in [1.54, 1.807) is 37.6 Å². The molecular weight excluding hydrogens is 480 g/mol. The van der Waals surface area contributed by atoms with Crippen molar-refractivity contribution >= 4 is 29.4 Å². The van der Waals surface area contributed by atoms with Crippen LogP contribution in [0.4, 0.5) is 0 Å². The third-order valence-electron chi connectivity index (χ3n) is 5.41. The summed E-state index contributed by atoms with van der Waals surface area (Å²) in [5, 5.41) is 5.67. The van der Waals surface area contributed by atoms with Gasteiger partial charge in [-0.2, -0.15) is 0 Å². The summed E-state index contributed by atoms with van der Waals surface area (Å²) in [6.45, 7) is 5.77. The topological polar surface area (TPSA) is 107 Å². The number of benzene rings is 1. The van der Waals surface area contributed by atoms with Crippen LogP contribution in [0.2, 0.25) is 0 Å². The van der Waals surface area contributed by atoms with Crippen LogP contribution in [0.5, 0.6) is 11.5 Å². The van der Waals surface area contributed by atoms with Gasteiger partial charge in [0.2, 0.25) is 5.91 Å². The molecular formula is C27H38N2O6S. The van der Waals surface area contributed by atoms with E-state index in [0.29, 0.717) is 30.1 Å². The van der Waals surface area contributed by atoms with E-state index in [9.17, 15) is 14.4 Å². The van der Waals surface area contributed by atoms with E-state index in [-0.39, 0.29) is 30.0 Å². The van der Waals surface area contributed by atoms with Crippen LogP contribution in [0.1, 0.15) is 52.2 Å². The van der Waals surface area contributed by atoms with Gasteiger partial charge in [-0.05, 0) is 55.2 Å². The summed E-state index contributed by atoms with van der Waals surface area (Å²) >= 11 is 1.46. The second-order valence-electron chi connectivity index (χ2n) is 8.96. The third-order valence-corrected chi connectivity index (χ3v) is 6.39. The Labute approximate surface area is 217 Å². The first-order valence-electron chi connectivity index (χ1n) is 12.3. The van der Waals surface area contributed by atoms with Gasteiger partial charge in [0.15, 0.2) is 12.4 Å². The number of ether oxygens (including phenoxy) is 2. The number of amides is 2. The lowest BCUT2D eigenvalue weighted by Crippen LogP contribution is -2.53. The van der Waals surface area contributed by atoms with E-state index in [1.165, 1.54) is 11.8 Å². The zero-order valence-corrected chi connectivity index (χ0v) is 22.4. The van der Waals surface area contributed by atoms with E-state index < -0.39 is 18.0 Å². The molecule has 0 aliphatic heterocycles. The summed E-state index contributed by atoms with van der Waals surface area (Å²) in [6, 6.07) is 9.22. The SMILES string of the molecule is CCCC[C@@H](NC(=O)C(CC(C)C)NC(=O)COc1ccc(OC)cc1)C(=O)CSCc1ccco1. The van der Waals surface area contributed by atoms with Crippen LogP contribution < -0.4 is 20.1 Å². The standard InChI is InChI=1S/C27H38N2O6S/c1-5-6-9-23(25(30)18-36-17-22-8-7-14-34-22)29-27(32)24(15-19(2)3)28-26(31)16-35-21-12-10-20(33-4)11-13-21/h7-8,10-14,19,23-24H,5-6,9,15-18H2,1-4H3,(H,28,31)(H,29,32)/t23-,24?/m1/s1. The van der Waals surface area contributed by atoms with Gasteiger partial charge in [-0.15, -0.1) is 11.8 Å². The van der Waals surface area contributed by atoms with Crippen molar-refractivity contribution in [2.24, 2.45) is 5.92 Å². The number of hydrogen-bond donors (Lipinski definition) is 2. The van der Waals surface area contributed by atoms with Crippen LogP contribution in [0.25, 0.3) is 0 Å². The van der Waals surface area contributed by atoms with Crippen LogP contribution in [0.3, 0.4) is 0 Å². The smallest absolute Gasteiger partial charge is 0.258 e. The second-order valence-corrected chi connectivity index (χ2v) is 9.94. The molecule has 2 N–H and O–H groups in total. The van der Waals surface area contributed by atoms with Gasteiger partial charge < -0.3 is 24.5 Å². The van der Waals surface area contributed by atoms with Gasteiger partial charge in [0.1, 0.15) is 23.3 Å². The van der Waals surface area contributed by atoms with Crippen LogP contribution in [-0.2, 0) is 20.1 Å². The van der Waals surface area contributed by atoms with Gasteiger partial charge in [-0.3, -0.25) is 14.4 Å². The number of rotatable bonds is 17. The molecule has 2 amide bonds. The lowest BCUT2D eigenvalue weighted by Gasteiger charge is -2.24. The summed E-state index contributed by atoms with van der Waals surface area (Å²) in [4.78, 5) is 38.6. The van der Waals surface area contributed by atoms with E-state index in [4.69, 9.17) is 13.9 Å². The first-order chi connectivity index (χ1) is 17.3. The van der Waals surface area contributed by atoms with Gasteiger partial charge in [0.05, 0.1) is 30.9 Å². The fourth-order valence-electron chi connectivity index (χ4n) is 3.50. The minimum Gasteiger partial charge on any atom is -0.497 e. The normalized spacial score (nSPS) is 12.6. The van der Waals surface area contributed by atoms with Crippen LogP contribution >= 0.6 is 11.8 Å². The van der Waals surface area contributed by atoms with Crippen molar-refractivity contribution in [1.82, 2.24) is 10.6 Å². The first-order valence-corrected chi connectivity index (χ1v) is 13.5. The molecule has 9 heteroatoms. The number of carbonyl (C=O) groups excluding carboxylic acids is 3. The van der Waals surface area contributed by atoms with E-state index in [0.717, 1.165) is 18.6 Å². The number of hydrogen-bond acceptors (Lipinski definition) is 7. The Kier molecular flexibility index (Phi) is 13.0. The highest BCUT2D eigenvalue weighted by Gasteiger charge is 2.27. The first kappa shape index (κ1) is 29.3. The van der Waals surface area contributed by atoms with Crippen LogP contribution in [0, 0.1) is 5.92 Å². The van der Waals surface area contributed by atoms with Crippen molar-refractivity contribution in [3.63, 3.8) is 0 Å². The van der Waals surface area contributed by atoms with Crippen molar-refractivity contribution < 1.29 is 28.3 Å². The van der Waals surface area contributed by atoms with Gasteiger partial charge >= 0.3 is 0 Å². The third kappa shape index (κ3) is 10.8. The summed E-state index contributed by atoms with van der Waals surface area (Å²) in [5.41, 5.74) is 0. The Morgan fingerprint density at radius 3 is 2.36 bits per heavy atom. The maximum atomic E-state index is 13.1. The quantitative estimate of drug-likeness (QED) is 0.320. The maximum Gasteiger partial charge on any atom is 0.258 e. The predicted octanol–water partition coefficient (Wildman–Crippen LogP) is 4.38. The van der Waals surface area contributed by atoms with Crippen molar-refractivity contribution in [2.45, 2.75) is 64.3 Å². The van der Waals surface area contributed by atoms with Gasteiger partial charge in [0, 0.05) is 0 Å². The molecule has 1 unspecified atom stereocenters. The Morgan fingerprint density at radius 2 is 1.75 bits per heavy atom. The highest BCUT2D eigenvalue weighted by atomic mass is 32.2. The number of Topliss-reactive ketones (excluding diaryl/α,β-unsaturated/α-hetero) is 1. The average Bonchev–Trinajstić information content (AvgIpc) is 3.38. The summed E-state index contributed by atoms with van der Waals surface area (Å²) in [5.74, 6) is 2.24. The molecule has 2 atom stereocenters. The molecule has 0 spiro atoms. The van der Waals surface area contributed by atoms with Crippen molar-refractivity contribution in [3.05, 3.63) is 48.4 Å². The molecule has 0 saturated heterocycles. The molecule has 0 aliphatic carbocycles. The summed E-state index contributed by atoms with van der Waals surface area (Å²) in [6.07, 6.45) is 4.34. The molecule has 8 nitrogen and oxygen atoms in total. The van der Waals surface area contributed by atoms with Gasteiger partial charge in [-0.25, -0.2) is 0 Å². The number of ketones is 1. The summed E-state index contributed by atoms with van der Waals surface area (Å²) in [7, 11) is 1.57. The highest BCUT2D eigenvalue weighted by Crippen LogP contribution is 2.17. The molecule has 1 aromatic carbocycles. The maximum absolute atomic E-state index is 13.1. The molecule has 0 fully saturated rings. The zero-order chi connectivity index (χ0) is 26.3. The molecule has 36 heavy (non-hydrogen) atoms. The minimum absolute atomic E-state index is 0.0363. The Morgan fingerprint density at radius 1 is 1.03 bits per heavy atom. The number of furan rings is 1. The second kappa shape index (κ2) is 15.9. The average molecular weight is 519 g/mol. The van der Waals surface area contributed by atoms with Crippen LogP contribution in [0.15, 0.2) is 47.1 Å². The van der Waals surface area contributed by atoms with E-state index >= 15 is 0 Å². The molecule has 2 rings (SSSR count). The van der Waals surface area contributed by atoms with E-state index in [2.05, 4.69) is 10.6 Å². The monoisotopic (exact) mass is 518 g/mol. The van der Waals surface area contributed by atoms with Gasteiger partial charge in [-0.1, -0.05) is 33.6 Å². The molecule has 1 aromatic heterocycles. The molecule has 198 valence electrons. The van der Waals surface area contributed by atoms with Crippen LogP contribution in [-0.4, -0.2) is 49.2 Å². The van der Waals surface area contributed by atoms with Crippen molar-refractivity contribution in [3.8, 4) is 11.5 Å². The molecule has 1 heterocycles. The van der Waals surface area contributed by atoms with E-state index in [1.807, 2.05) is 32.9 Å². The highest BCUT2D eigenvalue weighted by molar-refractivity contribution is 7.99. The minimum atomic E-state index is -0.760. The van der Waals surface area contributed by atoms with Gasteiger partial charge in [0.25, 0.3) is 5.91 Å². The lowest BCUT2D eigenvalue weighted by atomic mass is 10.0. The number of carbonyl (C=O) groups is 3. The number of thioether (sulfide) groups is 1. The zero-order valence-electron chi connectivity index (χ0n) is 21.6. The molecule has 2 aromatic rings. The lowest BCUT2D eigenvalue weighted by molar-refractivity contribution is -0.132. The predicted molar refractivity (Wildman–Crippen MR) is 141 cm³/mol. The summed E-state index contributed by atoms with van der Waals surface area (Å²) < 4.78 is 16.0. The molecule has 0 radical (unpaired) electrons. The largest absolute Gasteiger partial charge is 0.497 e. The fourth-order valence-corrected chi connectivity index (χ4v) is 4.37. The van der Waals surface area contributed by atoms with Crippen molar-refractivity contribution in [2.75, 3.05) is 19.5 Å². The molecule has 0 aliphatic rings. The number of nitrogens with one attached hydrogen (secondary N) is 2. The Hall–Kier alpha value is -2.94.